The molecule has 0 aromatic carbocycles. The minimum absolute atomic E-state index is 0.0951. The number of aromatic amines is 1. The van der Waals surface area contributed by atoms with Crippen LogP contribution in [-0.2, 0) is 6.42 Å². The predicted octanol–water partition coefficient (Wildman–Crippen LogP) is 1.75. The molecule has 1 amide bonds. The second-order valence-corrected chi connectivity index (χ2v) is 4.13. The first kappa shape index (κ1) is 11.8. The van der Waals surface area contributed by atoms with E-state index < -0.39 is 0 Å². The van der Waals surface area contributed by atoms with Gasteiger partial charge in [-0.2, -0.15) is 5.10 Å². The number of nitrogens with zero attached hydrogens (tertiary/aromatic N) is 1. The molecule has 4 heteroatoms. The second-order valence-electron chi connectivity index (χ2n) is 4.13. The molecule has 0 atom stereocenters. The Labute approximate surface area is 90.5 Å². The van der Waals surface area contributed by atoms with E-state index in [1.807, 2.05) is 6.07 Å². The van der Waals surface area contributed by atoms with Crippen LogP contribution in [0.3, 0.4) is 0 Å². The molecule has 0 saturated carbocycles. The van der Waals surface area contributed by atoms with Crippen molar-refractivity contribution < 1.29 is 4.79 Å². The lowest BCUT2D eigenvalue weighted by atomic mass is 10.2. The van der Waals surface area contributed by atoms with Crippen LogP contribution in [-0.4, -0.2) is 22.6 Å². The largest absolute Gasteiger partial charge is 0.350 e. The van der Waals surface area contributed by atoms with Crippen LogP contribution in [0.15, 0.2) is 6.07 Å². The van der Waals surface area contributed by atoms with Crippen molar-refractivity contribution in [1.29, 1.82) is 0 Å². The summed E-state index contributed by atoms with van der Waals surface area (Å²) in [5.74, 6) is 0.366. The van der Waals surface area contributed by atoms with Gasteiger partial charge >= 0.3 is 0 Å². The first-order valence-electron chi connectivity index (χ1n) is 5.46. The van der Waals surface area contributed by atoms with Gasteiger partial charge in [0.2, 0.25) is 0 Å². The highest BCUT2D eigenvalue weighted by atomic mass is 16.1. The van der Waals surface area contributed by atoms with Crippen LogP contribution in [0.25, 0.3) is 0 Å². The quantitative estimate of drug-likeness (QED) is 0.776. The molecule has 15 heavy (non-hydrogen) atoms. The molecule has 0 aliphatic heterocycles. The molecule has 0 spiro atoms. The SMILES string of the molecule is CCCc1cc(C(=O)NCC(C)C)n[nH]1. The molecule has 1 aromatic heterocycles. The van der Waals surface area contributed by atoms with Crippen LogP contribution in [0.5, 0.6) is 0 Å². The Hall–Kier alpha value is -1.32. The number of aromatic nitrogens is 2. The van der Waals surface area contributed by atoms with Gasteiger partial charge in [-0.05, 0) is 18.4 Å². The fourth-order valence-corrected chi connectivity index (χ4v) is 1.26. The van der Waals surface area contributed by atoms with Gasteiger partial charge < -0.3 is 5.32 Å². The summed E-state index contributed by atoms with van der Waals surface area (Å²) >= 11 is 0. The maximum absolute atomic E-state index is 11.6. The van der Waals surface area contributed by atoms with Gasteiger partial charge in [0.1, 0.15) is 5.69 Å². The molecule has 0 unspecified atom stereocenters. The fourth-order valence-electron chi connectivity index (χ4n) is 1.26. The third kappa shape index (κ3) is 3.73. The Morgan fingerprint density at radius 2 is 2.33 bits per heavy atom. The number of nitrogens with one attached hydrogen (secondary N) is 2. The van der Waals surface area contributed by atoms with E-state index in [-0.39, 0.29) is 5.91 Å². The first-order chi connectivity index (χ1) is 7.13. The van der Waals surface area contributed by atoms with Crippen LogP contribution < -0.4 is 5.32 Å². The van der Waals surface area contributed by atoms with Crippen molar-refractivity contribution in [3.8, 4) is 0 Å². The first-order valence-corrected chi connectivity index (χ1v) is 5.46. The second kappa shape index (κ2) is 5.53. The van der Waals surface area contributed by atoms with Gasteiger partial charge in [-0.3, -0.25) is 9.89 Å². The van der Waals surface area contributed by atoms with Crippen molar-refractivity contribution in [2.45, 2.75) is 33.6 Å². The van der Waals surface area contributed by atoms with Gasteiger partial charge in [0.25, 0.3) is 5.91 Å². The Morgan fingerprint density at radius 1 is 1.60 bits per heavy atom. The van der Waals surface area contributed by atoms with Crippen molar-refractivity contribution >= 4 is 5.91 Å². The lowest BCUT2D eigenvalue weighted by Crippen LogP contribution is -2.27. The summed E-state index contributed by atoms with van der Waals surface area (Å²) in [5.41, 5.74) is 1.51. The van der Waals surface area contributed by atoms with Gasteiger partial charge in [0.05, 0.1) is 0 Å². The highest BCUT2D eigenvalue weighted by Gasteiger charge is 2.09. The maximum Gasteiger partial charge on any atom is 0.271 e. The molecule has 0 radical (unpaired) electrons. The van der Waals surface area contributed by atoms with Crippen molar-refractivity contribution in [3.05, 3.63) is 17.5 Å². The highest BCUT2D eigenvalue weighted by Crippen LogP contribution is 2.02. The highest BCUT2D eigenvalue weighted by molar-refractivity contribution is 5.92. The van der Waals surface area contributed by atoms with E-state index in [1.54, 1.807) is 0 Å². The zero-order valence-electron chi connectivity index (χ0n) is 9.63. The summed E-state index contributed by atoms with van der Waals surface area (Å²) in [7, 11) is 0. The number of carbonyl (C=O) groups excluding carboxylic acids is 1. The van der Waals surface area contributed by atoms with Gasteiger partial charge in [-0.25, -0.2) is 0 Å². The Bertz CT molecular complexity index is 317. The Morgan fingerprint density at radius 3 is 2.93 bits per heavy atom. The van der Waals surface area contributed by atoms with Crippen LogP contribution >= 0.6 is 0 Å². The molecule has 1 heterocycles. The Kier molecular flexibility index (Phi) is 4.34. The minimum Gasteiger partial charge on any atom is -0.350 e. The van der Waals surface area contributed by atoms with E-state index in [2.05, 4.69) is 36.3 Å². The van der Waals surface area contributed by atoms with E-state index in [1.165, 1.54) is 0 Å². The van der Waals surface area contributed by atoms with Crippen molar-refractivity contribution in [2.75, 3.05) is 6.54 Å². The molecule has 0 saturated heterocycles. The summed E-state index contributed by atoms with van der Waals surface area (Å²) in [6.45, 7) is 6.91. The van der Waals surface area contributed by atoms with Gasteiger partial charge in [-0.1, -0.05) is 27.2 Å². The predicted molar refractivity (Wildman–Crippen MR) is 59.8 cm³/mol. The average Bonchev–Trinajstić information content (AvgIpc) is 2.63. The van der Waals surface area contributed by atoms with Gasteiger partial charge in [-0.15, -0.1) is 0 Å². The van der Waals surface area contributed by atoms with E-state index in [0.717, 1.165) is 18.5 Å². The lowest BCUT2D eigenvalue weighted by molar-refractivity contribution is 0.0944. The standard InChI is InChI=1S/C11H19N3O/c1-4-5-9-6-10(14-13-9)11(15)12-7-8(2)3/h6,8H,4-5,7H2,1-3H3,(H,12,15)(H,13,14). The zero-order valence-corrected chi connectivity index (χ0v) is 9.63. The number of amides is 1. The Balaban J connectivity index is 2.50. The molecule has 0 aliphatic rings. The molecule has 1 aromatic rings. The maximum atomic E-state index is 11.6. The fraction of sp³-hybridized carbons (Fsp3) is 0.636. The molecule has 2 N–H and O–H groups in total. The summed E-state index contributed by atoms with van der Waals surface area (Å²) < 4.78 is 0. The van der Waals surface area contributed by atoms with Gasteiger partial charge in [0.15, 0.2) is 0 Å². The van der Waals surface area contributed by atoms with Crippen LogP contribution in [0, 0.1) is 5.92 Å². The van der Waals surface area contributed by atoms with E-state index in [4.69, 9.17) is 0 Å². The third-order valence-corrected chi connectivity index (χ3v) is 2.05. The average molecular weight is 209 g/mol. The van der Waals surface area contributed by atoms with Crippen LogP contribution in [0.2, 0.25) is 0 Å². The van der Waals surface area contributed by atoms with Crippen molar-refractivity contribution in [1.82, 2.24) is 15.5 Å². The summed E-state index contributed by atoms with van der Waals surface area (Å²) in [4.78, 5) is 11.6. The van der Waals surface area contributed by atoms with Crippen LogP contribution in [0.4, 0.5) is 0 Å². The molecular formula is C11H19N3O. The molecule has 0 aliphatic carbocycles. The monoisotopic (exact) mass is 209 g/mol. The topological polar surface area (TPSA) is 57.8 Å². The molecule has 1 rings (SSSR count). The smallest absolute Gasteiger partial charge is 0.271 e. The van der Waals surface area contributed by atoms with Crippen LogP contribution in [0.1, 0.15) is 43.4 Å². The number of rotatable bonds is 5. The number of hydrogen-bond donors (Lipinski definition) is 2. The summed E-state index contributed by atoms with van der Waals surface area (Å²) in [5, 5.41) is 9.67. The van der Waals surface area contributed by atoms with E-state index in [9.17, 15) is 4.79 Å². The molecule has 4 nitrogen and oxygen atoms in total. The van der Waals surface area contributed by atoms with Crippen molar-refractivity contribution in [2.24, 2.45) is 5.92 Å². The number of carbonyl (C=O) groups is 1. The number of H-pyrrole nitrogens is 1. The molecule has 84 valence electrons. The third-order valence-electron chi connectivity index (χ3n) is 2.05. The summed E-state index contributed by atoms with van der Waals surface area (Å²) in [6.07, 6.45) is 1.99. The number of aryl methyl sites for hydroxylation is 1. The number of hydrogen-bond acceptors (Lipinski definition) is 2. The van der Waals surface area contributed by atoms with Crippen molar-refractivity contribution in [3.63, 3.8) is 0 Å². The van der Waals surface area contributed by atoms with Gasteiger partial charge in [0, 0.05) is 12.2 Å². The zero-order chi connectivity index (χ0) is 11.3. The molecule has 0 fully saturated rings. The van der Waals surface area contributed by atoms with E-state index >= 15 is 0 Å². The molecular weight excluding hydrogens is 190 g/mol. The lowest BCUT2D eigenvalue weighted by Gasteiger charge is -2.04. The molecule has 0 bridgehead atoms. The summed E-state index contributed by atoms with van der Waals surface area (Å²) in [6, 6.07) is 1.82. The minimum atomic E-state index is -0.0951. The van der Waals surface area contributed by atoms with E-state index in [0.29, 0.717) is 18.2 Å². The normalized spacial score (nSPS) is 10.7.